The Morgan fingerprint density at radius 2 is 0.475 bits per heavy atom. The van der Waals surface area contributed by atoms with E-state index in [-0.39, 0.29) is 0 Å². The molecule has 59 heavy (non-hydrogen) atoms. The van der Waals surface area contributed by atoms with Crippen molar-refractivity contribution in [2.45, 2.75) is 0 Å². The van der Waals surface area contributed by atoms with Crippen molar-refractivity contribution >= 4 is 88.5 Å². The van der Waals surface area contributed by atoms with E-state index in [1.165, 1.54) is 32.3 Å². The van der Waals surface area contributed by atoms with E-state index in [1.807, 2.05) is 0 Å². The Kier molecular flexibility index (Phi) is 7.47. The first-order valence-corrected chi connectivity index (χ1v) is 21.8. The Hall–Kier alpha value is -7.39. The summed E-state index contributed by atoms with van der Waals surface area (Å²) >= 11 is 0. The third-order valence-corrected chi connectivity index (χ3v) is 15.1. The molecular weight excluding hydrogens is 738 g/mol. The molecule has 12 aromatic rings. The molecule has 0 spiro atoms. The molecule has 278 valence electrons. The van der Waals surface area contributed by atoms with Crippen LogP contribution in [0, 0.1) is 0 Å². The lowest BCUT2D eigenvalue weighted by Crippen LogP contribution is -2.26. The minimum atomic E-state index is -3.56. The average Bonchev–Trinajstić information content (AvgIpc) is 3.95. The maximum atomic E-state index is 16.9. The van der Waals surface area contributed by atoms with Crippen LogP contribution in [0.5, 0.6) is 0 Å². The summed E-state index contributed by atoms with van der Waals surface area (Å²) in [5, 5.41) is 9.46. The monoisotopic (exact) mass is 773 g/mol. The number of nitrogens with zero attached hydrogens (tertiary/aromatic N) is 3. The lowest BCUT2D eigenvalue weighted by Gasteiger charge is -2.23. The number of hydrogen-bond donors (Lipinski definition) is 0. The second-order valence-corrected chi connectivity index (χ2v) is 18.0. The minimum Gasteiger partial charge on any atom is -0.309 e. The van der Waals surface area contributed by atoms with E-state index in [4.69, 9.17) is 0 Å². The zero-order valence-corrected chi connectivity index (χ0v) is 32.9. The molecule has 4 nitrogen and oxygen atoms in total. The molecule has 0 aliphatic heterocycles. The van der Waals surface area contributed by atoms with Crippen molar-refractivity contribution in [3.8, 4) is 17.1 Å². The highest BCUT2D eigenvalue weighted by Gasteiger charge is 2.32. The van der Waals surface area contributed by atoms with Crippen molar-refractivity contribution in [3.05, 3.63) is 218 Å². The van der Waals surface area contributed by atoms with Crippen LogP contribution in [0.1, 0.15) is 0 Å². The Morgan fingerprint density at radius 1 is 0.254 bits per heavy atom. The van der Waals surface area contributed by atoms with Gasteiger partial charge in [0, 0.05) is 65.3 Å². The first-order valence-electron chi connectivity index (χ1n) is 20.0. The first kappa shape index (κ1) is 33.7. The van der Waals surface area contributed by atoms with Crippen LogP contribution < -0.4 is 15.9 Å². The Labute approximate surface area is 340 Å². The second kappa shape index (κ2) is 13.1. The quantitative estimate of drug-likeness (QED) is 0.155. The molecule has 0 aliphatic rings. The summed E-state index contributed by atoms with van der Waals surface area (Å²) in [6, 6.07) is 76.5. The molecule has 0 aliphatic carbocycles. The molecule has 0 unspecified atom stereocenters. The van der Waals surface area contributed by atoms with Crippen LogP contribution >= 0.6 is 7.14 Å². The number of aromatic nitrogens is 3. The van der Waals surface area contributed by atoms with Crippen molar-refractivity contribution in [2.75, 3.05) is 0 Å². The third kappa shape index (κ3) is 5.00. The van der Waals surface area contributed by atoms with Gasteiger partial charge in [0.25, 0.3) is 0 Å². The van der Waals surface area contributed by atoms with E-state index in [9.17, 15) is 0 Å². The number of benzene rings is 9. The molecule has 0 atom stereocenters. The highest BCUT2D eigenvalue weighted by atomic mass is 31.2. The lowest BCUT2D eigenvalue weighted by molar-refractivity contribution is 0.592. The van der Waals surface area contributed by atoms with E-state index in [0.717, 1.165) is 66.1 Å². The standard InChI is InChI=1S/C54H36N3OP/c58-59(40-19-13-16-37(34-40)55-49-28-7-1-22-43(49)44-23-2-8-29-50(44)55,41-20-14-17-38(35-41)56-51-30-9-3-24-45(51)46-25-4-10-31-52(46)56)42-21-15-18-39(36-42)57-53-32-11-5-26-47(53)48-27-6-12-33-54(48)57/h1-36H. The van der Waals surface area contributed by atoms with Gasteiger partial charge in [0.1, 0.15) is 0 Å². The van der Waals surface area contributed by atoms with Gasteiger partial charge in [-0.05, 0) is 72.8 Å². The Morgan fingerprint density at radius 3 is 0.712 bits per heavy atom. The fourth-order valence-corrected chi connectivity index (χ4v) is 12.3. The molecule has 9 aromatic carbocycles. The SMILES string of the molecule is O=P(c1cccc(-n2c3ccccc3c3ccccc32)c1)(c1cccc(-n2c3ccccc3c3ccccc32)c1)c1cccc(-n2c3ccccc3c3ccccc32)c1. The zero-order chi connectivity index (χ0) is 39.1. The normalized spacial score (nSPS) is 12.1. The molecule has 0 N–H and O–H groups in total. The van der Waals surface area contributed by atoms with Gasteiger partial charge in [-0.25, -0.2) is 0 Å². The van der Waals surface area contributed by atoms with Gasteiger partial charge >= 0.3 is 0 Å². The van der Waals surface area contributed by atoms with E-state index < -0.39 is 7.14 Å². The van der Waals surface area contributed by atoms with Crippen LogP contribution in [-0.4, -0.2) is 13.7 Å². The van der Waals surface area contributed by atoms with Crippen LogP contribution in [0.4, 0.5) is 0 Å². The third-order valence-electron chi connectivity index (χ3n) is 12.1. The van der Waals surface area contributed by atoms with Gasteiger partial charge in [-0.15, -0.1) is 0 Å². The Bertz CT molecular complexity index is 3140. The maximum absolute atomic E-state index is 16.9. The number of rotatable bonds is 6. The van der Waals surface area contributed by atoms with Gasteiger partial charge in [-0.1, -0.05) is 146 Å². The summed E-state index contributed by atoms with van der Waals surface area (Å²) in [5.74, 6) is 0. The number of para-hydroxylation sites is 6. The molecule has 3 heterocycles. The fourth-order valence-electron chi connectivity index (χ4n) is 9.53. The van der Waals surface area contributed by atoms with Crippen LogP contribution in [0.3, 0.4) is 0 Å². The molecule has 0 bridgehead atoms. The largest absolute Gasteiger partial charge is 0.309 e. The molecule has 3 aromatic heterocycles. The predicted molar refractivity (Wildman–Crippen MR) is 249 cm³/mol. The van der Waals surface area contributed by atoms with Crippen LogP contribution in [0.2, 0.25) is 0 Å². The van der Waals surface area contributed by atoms with Gasteiger partial charge in [0.15, 0.2) is 7.14 Å². The minimum absolute atomic E-state index is 0.774. The van der Waals surface area contributed by atoms with Crippen molar-refractivity contribution < 1.29 is 4.57 Å². The summed E-state index contributed by atoms with van der Waals surface area (Å²) in [5.41, 5.74) is 9.59. The van der Waals surface area contributed by atoms with Gasteiger partial charge < -0.3 is 18.3 Å². The summed E-state index contributed by atoms with van der Waals surface area (Å²) in [4.78, 5) is 0. The molecule has 12 rings (SSSR count). The molecule has 5 heteroatoms. The predicted octanol–water partition coefficient (Wildman–Crippen LogP) is 12.6. The number of hydrogen-bond acceptors (Lipinski definition) is 1. The van der Waals surface area contributed by atoms with Gasteiger partial charge in [-0.3, -0.25) is 0 Å². The van der Waals surface area contributed by atoms with Gasteiger partial charge in [0.2, 0.25) is 0 Å². The fraction of sp³-hybridized carbons (Fsp3) is 0. The molecule has 0 saturated carbocycles. The summed E-state index contributed by atoms with van der Waals surface area (Å²) < 4.78 is 23.9. The van der Waals surface area contributed by atoms with E-state index in [0.29, 0.717) is 0 Å². The topological polar surface area (TPSA) is 31.9 Å². The van der Waals surface area contributed by atoms with Crippen molar-refractivity contribution in [1.29, 1.82) is 0 Å². The van der Waals surface area contributed by atoms with E-state index in [2.05, 4.69) is 232 Å². The maximum Gasteiger partial charge on any atom is 0.171 e. The smallest absolute Gasteiger partial charge is 0.171 e. The highest BCUT2D eigenvalue weighted by molar-refractivity contribution is 7.85. The van der Waals surface area contributed by atoms with Gasteiger partial charge in [0.05, 0.1) is 33.1 Å². The van der Waals surface area contributed by atoms with Crippen LogP contribution in [0.25, 0.3) is 82.5 Å². The van der Waals surface area contributed by atoms with Gasteiger partial charge in [-0.2, -0.15) is 0 Å². The second-order valence-electron chi connectivity index (χ2n) is 15.3. The highest BCUT2D eigenvalue weighted by Crippen LogP contribution is 2.45. The first-order chi connectivity index (χ1) is 29.2. The molecular formula is C54H36N3OP. The number of fused-ring (bicyclic) bond motifs is 9. The summed E-state index contributed by atoms with van der Waals surface area (Å²) in [6.45, 7) is 0. The molecule has 0 amide bonds. The average molecular weight is 774 g/mol. The zero-order valence-electron chi connectivity index (χ0n) is 32.0. The molecule has 0 radical (unpaired) electrons. The van der Waals surface area contributed by atoms with Crippen molar-refractivity contribution in [3.63, 3.8) is 0 Å². The molecule has 0 saturated heterocycles. The summed E-state index contributed by atoms with van der Waals surface area (Å²) in [6.07, 6.45) is 0. The lowest BCUT2D eigenvalue weighted by atomic mass is 10.2. The van der Waals surface area contributed by atoms with E-state index in [1.54, 1.807) is 0 Å². The van der Waals surface area contributed by atoms with Crippen LogP contribution in [0.15, 0.2) is 218 Å². The Balaban J connectivity index is 1.12. The summed E-state index contributed by atoms with van der Waals surface area (Å²) in [7, 11) is -3.56. The van der Waals surface area contributed by atoms with E-state index >= 15 is 4.57 Å². The van der Waals surface area contributed by atoms with Crippen LogP contribution in [-0.2, 0) is 4.57 Å². The van der Waals surface area contributed by atoms with Crippen molar-refractivity contribution in [2.24, 2.45) is 0 Å². The molecule has 0 fully saturated rings. The van der Waals surface area contributed by atoms with Crippen molar-refractivity contribution in [1.82, 2.24) is 13.7 Å².